The topological polar surface area (TPSA) is 35.5 Å². The second-order valence-electron chi connectivity index (χ2n) is 5.30. The van der Waals surface area contributed by atoms with E-state index in [9.17, 15) is 5.11 Å². The SMILES string of the molecule is CCC(NC1CCN(C)CC1)c1ccc(O)cc1. The number of rotatable bonds is 4. The molecule has 100 valence electrons. The molecule has 1 aromatic rings. The molecule has 0 amide bonds. The van der Waals surface area contributed by atoms with Gasteiger partial charge in [0.2, 0.25) is 0 Å². The van der Waals surface area contributed by atoms with Crippen molar-refractivity contribution < 1.29 is 5.11 Å². The van der Waals surface area contributed by atoms with Gasteiger partial charge < -0.3 is 15.3 Å². The first-order valence-corrected chi connectivity index (χ1v) is 6.92. The summed E-state index contributed by atoms with van der Waals surface area (Å²) in [5.74, 6) is 0.341. The first-order chi connectivity index (χ1) is 8.69. The summed E-state index contributed by atoms with van der Waals surface area (Å²) in [6.07, 6.45) is 3.54. The lowest BCUT2D eigenvalue weighted by Crippen LogP contribution is -2.42. The van der Waals surface area contributed by atoms with E-state index in [0.717, 1.165) is 6.42 Å². The van der Waals surface area contributed by atoms with Crippen molar-refractivity contribution in [3.8, 4) is 5.75 Å². The van der Waals surface area contributed by atoms with Crippen molar-refractivity contribution in [3.05, 3.63) is 29.8 Å². The number of aromatic hydroxyl groups is 1. The lowest BCUT2D eigenvalue weighted by molar-refractivity contribution is 0.223. The zero-order chi connectivity index (χ0) is 13.0. The summed E-state index contributed by atoms with van der Waals surface area (Å²) in [6.45, 7) is 4.58. The number of piperidine rings is 1. The molecule has 2 rings (SSSR count). The summed E-state index contributed by atoms with van der Waals surface area (Å²) in [5, 5.41) is 13.1. The molecule has 1 fully saturated rings. The summed E-state index contributed by atoms with van der Waals surface area (Å²) in [5.41, 5.74) is 1.27. The lowest BCUT2D eigenvalue weighted by Gasteiger charge is -2.32. The van der Waals surface area contributed by atoms with Crippen LogP contribution in [0.5, 0.6) is 5.75 Å². The van der Waals surface area contributed by atoms with Gasteiger partial charge in [-0.15, -0.1) is 0 Å². The zero-order valence-electron chi connectivity index (χ0n) is 11.4. The molecule has 0 aliphatic carbocycles. The Kier molecular flexibility index (Phi) is 4.61. The number of likely N-dealkylation sites (tertiary alicyclic amines) is 1. The Morgan fingerprint density at radius 1 is 1.28 bits per heavy atom. The van der Waals surface area contributed by atoms with Crippen molar-refractivity contribution in [2.24, 2.45) is 0 Å². The molecule has 1 unspecified atom stereocenters. The Morgan fingerprint density at radius 2 is 1.89 bits per heavy atom. The number of nitrogens with one attached hydrogen (secondary N) is 1. The molecule has 1 aliphatic heterocycles. The first kappa shape index (κ1) is 13.4. The third kappa shape index (κ3) is 3.47. The highest BCUT2D eigenvalue weighted by atomic mass is 16.3. The molecular formula is C15H24N2O. The maximum absolute atomic E-state index is 9.34. The van der Waals surface area contributed by atoms with Gasteiger partial charge in [-0.2, -0.15) is 0 Å². The van der Waals surface area contributed by atoms with Gasteiger partial charge in [-0.1, -0.05) is 19.1 Å². The summed E-state index contributed by atoms with van der Waals surface area (Å²) >= 11 is 0. The molecule has 0 saturated carbocycles. The fraction of sp³-hybridized carbons (Fsp3) is 0.600. The molecule has 1 aromatic carbocycles. The second-order valence-corrected chi connectivity index (χ2v) is 5.30. The molecule has 0 radical (unpaired) electrons. The summed E-state index contributed by atoms with van der Waals surface area (Å²) in [6, 6.07) is 8.61. The quantitative estimate of drug-likeness (QED) is 0.859. The zero-order valence-corrected chi connectivity index (χ0v) is 11.4. The first-order valence-electron chi connectivity index (χ1n) is 6.92. The molecule has 3 heteroatoms. The van der Waals surface area contributed by atoms with E-state index in [1.165, 1.54) is 31.5 Å². The van der Waals surface area contributed by atoms with Crippen molar-refractivity contribution in [2.75, 3.05) is 20.1 Å². The molecule has 1 saturated heterocycles. The van der Waals surface area contributed by atoms with Gasteiger partial charge in [0.1, 0.15) is 5.75 Å². The van der Waals surface area contributed by atoms with Crippen LogP contribution in [-0.4, -0.2) is 36.2 Å². The Bertz CT molecular complexity index is 355. The Morgan fingerprint density at radius 3 is 2.44 bits per heavy atom. The third-order valence-corrected chi connectivity index (χ3v) is 3.86. The minimum Gasteiger partial charge on any atom is -0.508 e. The average Bonchev–Trinajstić information content (AvgIpc) is 2.39. The van der Waals surface area contributed by atoms with Gasteiger partial charge in [0.05, 0.1) is 0 Å². The molecule has 0 aromatic heterocycles. The number of nitrogens with zero attached hydrogens (tertiary/aromatic N) is 1. The van der Waals surface area contributed by atoms with Crippen LogP contribution in [0.25, 0.3) is 0 Å². The van der Waals surface area contributed by atoms with E-state index in [0.29, 0.717) is 17.8 Å². The molecule has 1 aliphatic rings. The largest absolute Gasteiger partial charge is 0.508 e. The van der Waals surface area contributed by atoms with Crippen molar-refractivity contribution >= 4 is 0 Å². The highest BCUT2D eigenvalue weighted by molar-refractivity contribution is 5.28. The van der Waals surface area contributed by atoms with Gasteiger partial charge >= 0.3 is 0 Å². The lowest BCUT2D eigenvalue weighted by atomic mass is 9.99. The smallest absolute Gasteiger partial charge is 0.115 e. The van der Waals surface area contributed by atoms with Gasteiger partial charge in [-0.3, -0.25) is 0 Å². The molecule has 18 heavy (non-hydrogen) atoms. The number of hydrogen-bond donors (Lipinski definition) is 2. The number of benzene rings is 1. The molecular weight excluding hydrogens is 224 g/mol. The molecule has 3 nitrogen and oxygen atoms in total. The summed E-state index contributed by atoms with van der Waals surface area (Å²) in [7, 11) is 2.19. The molecule has 2 N–H and O–H groups in total. The fourth-order valence-corrected chi connectivity index (χ4v) is 2.62. The molecule has 0 bridgehead atoms. The van der Waals surface area contributed by atoms with E-state index in [-0.39, 0.29) is 0 Å². The van der Waals surface area contributed by atoms with E-state index in [1.54, 1.807) is 12.1 Å². The maximum Gasteiger partial charge on any atom is 0.115 e. The predicted molar refractivity (Wildman–Crippen MR) is 74.8 cm³/mol. The van der Waals surface area contributed by atoms with Gasteiger partial charge in [0.15, 0.2) is 0 Å². The van der Waals surface area contributed by atoms with Crippen LogP contribution in [0.1, 0.15) is 37.8 Å². The van der Waals surface area contributed by atoms with Crippen LogP contribution in [0.3, 0.4) is 0 Å². The molecule has 0 spiro atoms. The van der Waals surface area contributed by atoms with Gasteiger partial charge in [-0.25, -0.2) is 0 Å². The normalized spacial score (nSPS) is 19.9. The van der Waals surface area contributed by atoms with Crippen molar-refractivity contribution in [3.63, 3.8) is 0 Å². The number of phenolic OH excluding ortho intramolecular Hbond substituents is 1. The van der Waals surface area contributed by atoms with Gasteiger partial charge in [0, 0.05) is 12.1 Å². The van der Waals surface area contributed by atoms with Crippen LogP contribution < -0.4 is 5.32 Å². The van der Waals surface area contributed by atoms with Crippen molar-refractivity contribution in [2.45, 2.75) is 38.3 Å². The van der Waals surface area contributed by atoms with E-state index in [1.807, 2.05) is 12.1 Å². The Hall–Kier alpha value is -1.06. The standard InChI is InChI=1S/C15H24N2O/c1-3-15(12-4-6-14(18)7-5-12)16-13-8-10-17(2)11-9-13/h4-7,13,15-16,18H,3,8-11H2,1-2H3. The average molecular weight is 248 g/mol. The van der Waals surface area contributed by atoms with Crippen LogP contribution in [-0.2, 0) is 0 Å². The monoisotopic (exact) mass is 248 g/mol. The molecule has 1 atom stereocenters. The number of hydrogen-bond acceptors (Lipinski definition) is 3. The van der Waals surface area contributed by atoms with Crippen LogP contribution in [0.15, 0.2) is 24.3 Å². The highest BCUT2D eigenvalue weighted by Gasteiger charge is 2.19. The summed E-state index contributed by atoms with van der Waals surface area (Å²) in [4.78, 5) is 2.39. The minimum atomic E-state index is 0.341. The van der Waals surface area contributed by atoms with Crippen LogP contribution in [0.4, 0.5) is 0 Å². The van der Waals surface area contributed by atoms with Crippen LogP contribution in [0.2, 0.25) is 0 Å². The highest BCUT2D eigenvalue weighted by Crippen LogP contribution is 2.22. The number of phenols is 1. The summed E-state index contributed by atoms with van der Waals surface area (Å²) < 4.78 is 0. The molecule has 1 heterocycles. The van der Waals surface area contributed by atoms with Crippen LogP contribution >= 0.6 is 0 Å². The minimum absolute atomic E-state index is 0.341. The van der Waals surface area contributed by atoms with Crippen molar-refractivity contribution in [1.29, 1.82) is 0 Å². The maximum atomic E-state index is 9.34. The van der Waals surface area contributed by atoms with E-state index < -0.39 is 0 Å². The van der Waals surface area contributed by atoms with E-state index >= 15 is 0 Å². The second kappa shape index (κ2) is 6.21. The van der Waals surface area contributed by atoms with E-state index in [4.69, 9.17) is 0 Å². The Labute approximate surface area is 110 Å². The Balaban J connectivity index is 1.94. The van der Waals surface area contributed by atoms with Gasteiger partial charge in [-0.05, 0) is 57.1 Å². The third-order valence-electron chi connectivity index (χ3n) is 3.86. The van der Waals surface area contributed by atoms with Crippen LogP contribution in [0, 0.1) is 0 Å². The van der Waals surface area contributed by atoms with Gasteiger partial charge in [0.25, 0.3) is 0 Å². The van der Waals surface area contributed by atoms with E-state index in [2.05, 4.69) is 24.2 Å². The van der Waals surface area contributed by atoms with Crippen molar-refractivity contribution in [1.82, 2.24) is 10.2 Å². The predicted octanol–water partition coefficient (Wildman–Crippen LogP) is 2.53. The fourth-order valence-electron chi connectivity index (χ4n) is 2.62.